The van der Waals surface area contributed by atoms with Crippen molar-refractivity contribution in [1.29, 1.82) is 5.26 Å². The molecule has 0 saturated carbocycles. The fraction of sp³-hybridized carbons (Fsp3) is 0.0556. The summed E-state index contributed by atoms with van der Waals surface area (Å²) in [5, 5.41) is 26.3. The lowest BCUT2D eigenvalue weighted by atomic mass is 10.1. The van der Waals surface area contributed by atoms with E-state index in [0.717, 1.165) is 5.56 Å². The molecule has 0 atom stereocenters. The van der Waals surface area contributed by atoms with Crippen LogP contribution in [-0.4, -0.2) is 30.0 Å². The Hall–Kier alpha value is -2.73. The van der Waals surface area contributed by atoms with E-state index < -0.39 is 0 Å². The number of hydrogen-bond donors (Lipinski definition) is 0. The predicted octanol–water partition coefficient (Wildman–Crippen LogP) is 4.52. The third-order valence-electron chi connectivity index (χ3n) is 4.04. The highest BCUT2D eigenvalue weighted by atomic mass is 79.9. The predicted molar refractivity (Wildman–Crippen MR) is 108 cm³/mol. The molecule has 138 valence electrons. The number of nitrogens with zero attached hydrogens (tertiary/aromatic N) is 7. The van der Waals surface area contributed by atoms with Gasteiger partial charge in [-0.3, -0.25) is 0 Å². The van der Waals surface area contributed by atoms with Crippen molar-refractivity contribution >= 4 is 39.1 Å². The third-order valence-corrected chi connectivity index (χ3v) is 5.34. The molecular formula is C18H10BrCl2N7. The van der Waals surface area contributed by atoms with Crippen molar-refractivity contribution in [2.24, 2.45) is 0 Å². The molecule has 0 fully saturated rings. The minimum Gasteiger partial charge on any atom is -0.224 e. The van der Waals surface area contributed by atoms with Crippen molar-refractivity contribution in [1.82, 2.24) is 30.0 Å². The van der Waals surface area contributed by atoms with E-state index in [1.165, 1.54) is 0 Å². The highest BCUT2D eigenvalue weighted by Crippen LogP contribution is 2.32. The molecule has 7 nitrogen and oxygen atoms in total. The normalized spacial score (nSPS) is 10.8. The Morgan fingerprint density at radius 1 is 1.11 bits per heavy atom. The molecule has 0 aliphatic carbocycles. The smallest absolute Gasteiger partial charge is 0.186 e. The molecule has 28 heavy (non-hydrogen) atoms. The summed E-state index contributed by atoms with van der Waals surface area (Å²) >= 11 is 15.8. The molecule has 0 bridgehead atoms. The Balaban J connectivity index is 1.69. The molecule has 4 rings (SSSR count). The zero-order valence-electron chi connectivity index (χ0n) is 14.1. The lowest BCUT2D eigenvalue weighted by Gasteiger charge is -2.07. The van der Waals surface area contributed by atoms with Gasteiger partial charge in [0.2, 0.25) is 0 Å². The monoisotopic (exact) mass is 473 g/mol. The van der Waals surface area contributed by atoms with Gasteiger partial charge in [-0.2, -0.15) is 10.4 Å². The SMILES string of the molecule is N#Cc1ccc(Cn2nnnc2-c2cnn(-c3ccc(Cl)cc3Cl)c2Br)cc1. The van der Waals surface area contributed by atoms with E-state index >= 15 is 0 Å². The molecule has 2 aromatic heterocycles. The fourth-order valence-electron chi connectivity index (χ4n) is 2.67. The van der Waals surface area contributed by atoms with Gasteiger partial charge < -0.3 is 0 Å². The number of nitriles is 1. The summed E-state index contributed by atoms with van der Waals surface area (Å²) in [7, 11) is 0. The van der Waals surface area contributed by atoms with Gasteiger partial charge in [-0.05, 0) is 62.3 Å². The maximum atomic E-state index is 8.92. The lowest BCUT2D eigenvalue weighted by Crippen LogP contribution is -2.04. The Morgan fingerprint density at radius 2 is 1.89 bits per heavy atom. The summed E-state index contributed by atoms with van der Waals surface area (Å²) in [6, 6.07) is 14.5. The number of tetrazole rings is 1. The molecule has 2 heterocycles. The molecule has 0 radical (unpaired) electrons. The van der Waals surface area contributed by atoms with Crippen molar-refractivity contribution in [3.05, 3.63) is 74.4 Å². The van der Waals surface area contributed by atoms with Crippen LogP contribution in [0.25, 0.3) is 17.1 Å². The van der Waals surface area contributed by atoms with Crippen molar-refractivity contribution in [3.8, 4) is 23.1 Å². The van der Waals surface area contributed by atoms with Crippen LogP contribution in [0.5, 0.6) is 0 Å². The van der Waals surface area contributed by atoms with Crippen molar-refractivity contribution < 1.29 is 0 Å². The zero-order valence-corrected chi connectivity index (χ0v) is 17.2. The average Bonchev–Trinajstić information content (AvgIpc) is 3.29. The van der Waals surface area contributed by atoms with Crippen LogP contribution >= 0.6 is 39.1 Å². The number of benzene rings is 2. The van der Waals surface area contributed by atoms with E-state index in [1.54, 1.807) is 45.9 Å². The largest absolute Gasteiger partial charge is 0.224 e. The summed E-state index contributed by atoms with van der Waals surface area (Å²) < 4.78 is 3.97. The van der Waals surface area contributed by atoms with Gasteiger partial charge in [0.15, 0.2) is 5.82 Å². The summed E-state index contributed by atoms with van der Waals surface area (Å²) in [6.07, 6.45) is 1.66. The third kappa shape index (κ3) is 3.52. The Bertz CT molecular complexity index is 1190. The van der Waals surface area contributed by atoms with E-state index in [-0.39, 0.29) is 0 Å². The van der Waals surface area contributed by atoms with Crippen molar-refractivity contribution in [3.63, 3.8) is 0 Å². The van der Waals surface area contributed by atoms with E-state index in [9.17, 15) is 0 Å². The number of halogens is 3. The second-order valence-corrected chi connectivity index (χ2v) is 7.42. The summed E-state index contributed by atoms with van der Waals surface area (Å²) in [5.41, 5.74) is 2.96. The first kappa shape index (κ1) is 18.6. The Labute approximate surface area is 178 Å². The first-order valence-electron chi connectivity index (χ1n) is 8.01. The molecule has 0 N–H and O–H groups in total. The Morgan fingerprint density at radius 3 is 2.61 bits per heavy atom. The van der Waals surface area contributed by atoms with Gasteiger partial charge in [0.05, 0.1) is 40.6 Å². The molecule has 2 aromatic carbocycles. The van der Waals surface area contributed by atoms with Gasteiger partial charge in [0, 0.05) is 5.02 Å². The maximum absolute atomic E-state index is 8.92. The summed E-state index contributed by atoms with van der Waals surface area (Å²) in [6.45, 7) is 0.452. The molecule has 0 spiro atoms. The molecule has 0 aliphatic heterocycles. The van der Waals surface area contributed by atoms with E-state index in [1.807, 2.05) is 12.1 Å². The first-order valence-corrected chi connectivity index (χ1v) is 9.56. The minimum absolute atomic E-state index is 0.452. The van der Waals surface area contributed by atoms with Gasteiger partial charge in [0.1, 0.15) is 4.60 Å². The number of rotatable bonds is 4. The van der Waals surface area contributed by atoms with Gasteiger partial charge in [-0.15, -0.1) is 5.10 Å². The highest BCUT2D eigenvalue weighted by Gasteiger charge is 2.19. The molecule has 10 heteroatoms. The van der Waals surface area contributed by atoms with Gasteiger partial charge in [-0.25, -0.2) is 9.36 Å². The van der Waals surface area contributed by atoms with Gasteiger partial charge >= 0.3 is 0 Å². The van der Waals surface area contributed by atoms with Crippen LogP contribution in [-0.2, 0) is 6.54 Å². The van der Waals surface area contributed by atoms with E-state index in [0.29, 0.717) is 43.8 Å². The van der Waals surface area contributed by atoms with Crippen LogP contribution in [0.3, 0.4) is 0 Å². The van der Waals surface area contributed by atoms with Crippen LogP contribution in [0.15, 0.2) is 53.3 Å². The number of hydrogen-bond acceptors (Lipinski definition) is 5. The zero-order chi connectivity index (χ0) is 19.7. The molecule has 0 aliphatic rings. The quantitative estimate of drug-likeness (QED) is 0.434. The number of aromatic nitrogens is 6. The van der Waals surface area contributed by atoms with Crippen LogP contribution in [0.2, 0.25) is 10.0 Å². The summed E-state index contributed by atoms with van der Waals surface area (Å²) in [4.78, 5) is 0. The molecular weight excluding hydrogens is 465 g/mol. The van der Waals surface area contributed by atoms with Crippen LogP contribution in [0.4, 0.5) is 0 Å². The second kappa shape index (κ2) is 7.72. The van der Waals surface area contributed by atoms with E-state index in [4.69, 9.17) is 28.5 Å². The lowest BCUT2D eigenvalue weighted by molar-refractivity contribution is 0.653. The van der Waals surface area contributed by atoms with Gasteiger partial charge in [-0.1, -0.05) is 35.3 Å². The molecule has 0 saturated heterocycles. The molecule has 4 aromatic rings. The average molecular weight is 475 g/mol. The van der Waals surface area contributed by atoms with Crippen LogP contribution in [0, 0.1) is 11.3 Å². The second-order valence-electron chi connectivity index (χ2n) is 5.83. The van der Waals surface area contributed by atoms with Crippen molar-refractivity contribution in [2.45, 2.75) is 6.54 Å². The van der Waals surface area contributed by atoms with Crippen molar-refractivity contribution in [2.75, 3.05) is 0 Å². The topological polar surface area (TPSA) is 85.2 Å². The van der Waals surface area contributed by atoms with Gasteiger partial charge in [0.25, 0.3) is 0 Å². The van der Waals surface area contributed by atoms with Crippen LogP contribution in [0.1, 0.15) is 11.1 Å². The highest BCUT2D eigenvalue weighted by molar-refractivity contribution is 9.10. The minimum atomic E-state index is 0.452. The summed E-state index contributed by atoms with van der Waals surface area (Å²) in [5.74, 6) is 0.549. The standard InChI is InChI=1S/C18H10BrCl2N7/c19-17-14(9-23-28(17)16-6-5-13(20)7-15(16)21)18-24-25-26-27(18)10-12-3-1-11(8-22)2-4-12/h1-7,9H,10H2. The molecule has 0 unspecified atom stereocenters. The first-order chi connectivity index (χ1) is 13.6. The Kier molecular flexibility index (Phi) is 5.13. The van der Waals surface area contributed by atoms with Crippen LogP contribution < -0.4 is 0 Å². The van der Waals surface area contributed by atoms with E-state index in [2.05, 4.69) is 42.6 Å². The fourth-order valence-corrected chi connectivity index (χ4v) is 3.72. The maximum Gasteiger partial charge on any atom is 0.186 e. The molecule has 0 amide bonds.